The van der Waals surface area contributed by atoms with Crippen LogP contribution in [0, 0.1) is 11.3 Å². The average Bonchev–Trinajstić information content (AvgIpc) is 2.87. The normalized spacial score (nSPS) is 22.9. The van der Waals surface area contributed by atoms with Gasteiger partial charge in [-0.2, -0.15) is 5.26 Å². The Balaban J connectivity index is 1.21. The zero-order chi connectivity index (χ0) is 24.4. The van der Waals surface area contributed by atoms with Gasteiger partial charge in [0.15, 0.2) is 0 Å². The van der Waals surface area contributed by atoms with Crippen molar-refractivity contribution in [2.75, 3.05) is 13.7 Å². The summed E-state index contributed by atoms with van der Waals surface area (Å²) in [7, 11) is 1.70. The first-order valence-electron chi connectivity index (χ1n) is 12.0. The van der Waals surface area contributed by atoms with Gasteiger partial charge >= 0.3 is 0 Å². The van der Waals surface area contributed by atoms with Crippen molar-refractivity contribution >= 4 is 5.91 Å². The average molecular weight is 468 g/mol. The smallest absolute Gasteiger partial charge is 0.251 e. The van der Waals surface area contributed by atoms with Gasteiger partial charge in [-0.3, -0.25) is 9.78 Å². The van der Waals surface area contributed by atoms with Crippen LogP contribution in [0.5, 0.6) is 5.75 Å². The van der Waals surface area contributed by atoms with Crippen molar-refractivity contribution in [3.05, 3.63) is 94.3 Å². The molecule has 5 rings (SSSR count). The SMILES string of the molecule is COc1cccc(C2CC(c3ccnc(CNC(=O)c4ccc5c(c4)[C@](C)(C#N)COC5)c3)C2)c1. The molecule has 1 atom stereocenters. The van der Waals surface area contributed by atoms with E-state index in [2.05, 4.69) is 40.6 Å². The summed E-state index contributed by atoms with van der Waals surface area (Å²) in [6, 6.07) is 20.3. The number of hydrogen-bond acceptors (Lipinski definition) is 5. The first-order chi connectivity index (χ1) is 17.0. The molecule has 2 aliphatic rings. The summed E-state index contributed by atoms with van der Waals surface area (Å²) >= 11 is 0. The molecule has 35 heavy (non-hydrogen) atoms. The highest BCUT2D eigenvalue weighted by molar-refractivity contribution is 5.94. The van der Waals surface area contributed by atoms with E-state index in [4.69, 9.17) is 9.47 Å². The van der Waals surface area contributed by atoms with Gasteiger partial charge < -0.3 is 14.8 Å². The fraction of sp³-hybridized carbons (Fsp3) is 0.345. The van der Waals surface area contributed by atoms with Crippen LogP contribution < -0.4 is 10.1 Å². The van der Waals surface area contributed by atoms with Crippen molar-refractivity contribution in [3.8, 4) is 11.8 Å². The Hall–Kier alpha value is -3.69. The molecule has 0 spiro atoms. The zero-order valence-electron chi connectivity index (χ0n) is 20.1. The monoisotopic (exact) mass is 467 g/mol. The number of aromatic nitrogens is 1. The molecule has 2 aromatic carbocycles. The molecule has 1 aromatic heterocycles. The predicted molar refractivity (Wildman–Crippen MR) is 132 cm³/mol. The number of pyridine rings is 1. The lowest BCUT2D eigenvalue weighted by molar-refractivity contribution is 0.0757. The summed E-state index contributed by atoms with van der Waals surface area (Å²) in [6.07, 6.45) is 4.02. The molecule has 1 fully saturated rings. The minimum atomic E-state index is -0.745. The van der Waals surface area contributed by atoms with Crippen molar-refractivity contribution in [1.82, 2.24) is 10.3 Å². The molecule has 1 aliphatic carbocycles. The van der Waals surface area contributed by atoms with Crippen LogP contribution in [0.15, 0.2) is 60.8 Å². The van der Waals surface area contributed by atoms with E-state index >= 15 is 0 Å². The van der Waals surface area contributed by atoms with Crippen molar-refractivity contribution in [3.63, 3.8) is 0 Å². The third-order valence-corrected chi connectivity index (χ3v) is 7.31. The third kappa shape index (κ3) is 4.65. The maximum Gasteiger partial charge on any atom is 0.251 e. The van der Waals surface area contributed by atoms with Crippen molar-refractivity contribution < 1.29 is 14.3 Å². The number of rotatable bonds is 6. The molecule has 178 valence electrons. The minimum absolute atomic E-state index is 0.173. The lowest BCUT2D eigenvalue weighted by Gasteiger charge is -2.36. The number of fused-ring (bicyclic) bond motifs is 1. The highest BCUT2D eigenvalue weighted by Crippen LogP contribution is 2.48. The number of benzene rings is 2. The van der Waals surface area contributed by atoms with E-state index in [1.54, 1.807) is 13.2 Å². The summed E-state index contributed by atoms with van der Waals surface area (Å²) in [5.41, 5.74) is 5.06. The van der Waals surface area contributed by atoms with E-state index in [-0.39, 0.29) is 5.91 Å². The molecule has 3 aromatic rings. The number of carbonyl (C=O) groups excluding carboxylic acids is 1. The molecule has 2 heterocycles. The topological polar surface area (TPSA) is 84.2 Å². The molecular formula is C29H29N3O3. The molecule has 0 saturated heterocycles. The van der Waals surface area contributed by atoms with Crippen LogP contribution in [0.2, 0.25) is 0 Å². The van der Waals surface area contributed by atoms with Gasteiger partial charge in [0.05, 0.1) is 38.6 Å². The molecule has 1 aliphatic heterocycles. The van der Waals surface area contributed by atoms with Gasteiger partial charge in [-0.25, -0.2) is 0 Å². The van der Waals surface area contributed by atoms with Crippen LogP contribution in [-0.2, 0) is 23.3 Å². The van der Waals surface area contributed by atoms with Crippen LogP contribution in [0.3, 0.4) is 0 Å². The fourth-order valence-electron chi connectivity index (χ4n) is 5.07. The second-order valence-electron chi connectivity index (χ2n) is 9.71. The number of methoxy groups -OCH3 is 1. The quantitative estimate of drug-likeness (QED) is 0.552. The van der Waals surface area contributed by atoms with E-state index in [0.717, 1.165) is 35.4 Å². The number of nitriles is 1. The molecular weight excluding hydrogens is 438 g/mol. The van der Waals surface area contributed by atoms with E-state index in [1.807, 2.05) is 37.4 Å². The van der Waals surface area contributed by atoms with Gasteiger partial charge in [-0.1, -0.05) is 18.2 Å². The van der Waals surface area contributed by atoms with Gasteiger partial charge in [-0.05, 0) is 90.3 Å². The van der Waals surface area contributed by atoms with Crippen LogP contribution in [0.4, 0.5) is 0 Å². The lowest BCUT2D eigenvalue weighted by Crippen LogP contribution is -2.33. The second-order valence-corrected chi connectivity index (χ2v) is 9.71. The highest BCUT2D eigenvalue weighted by Gasteiger charge is 2.34. The second kappa shape index (κ2) is 9.52. The Kier molecular flexibility index (Phi) is 6.27. The number of nitrogens with one attached hydrogen (secondary N) is 1. The Morgan fingerprint density at radius 3 is 2.74 bits per heavy atom. The molecule has 0 bridgehead atoms. The van der Waals surface area contributed by atoms with Crippen LogP contribution in [0.1, 0.15) is 69.9 Å². The number of carbonyl (C=O) groups is 1. The minimum Gasteiger partial charge on any atom is -0.497 e. The van der Waals surface area contributed by atoms with E-state index in [1.165, 1.54) is 11.1 Å². The predicted octanol–water partition coefficient (Wildman–Crippen LogP) is 4.99. The Morgan fingerprint density at radius 2 is 1.97 bits per heavy atom. The van der Waals surface area contributed by atoms with Gasteiger partial charge in [0.25, 0.3) is 5.91 Å². The molecule has 0 radical (unpaired) electrons. The third-order valence-electron chi connectivity index (χ3n) is 7.31. The highest BCUT2D eigenvalue weighted by atomic mass is 16.5. The first kappa shape index (κ1) is 23.1. The maximum absolute atomic E-state index is 12.9. The Labute approximate surface area is 205 Å². The maximum atomic E-state index is 12.9. The van der Waals surface area contributed by atoms with Gasteiger partial charge in [0.2, 0.25) is 0 Å². The molecule has 6 heteroatoms. The molecule has 1 N–H and O–H groups in total. The first-order valence-corrected chi connectivity index (χ1v) is 12.0. The van der Waals surface area contributed by atoms with Gasteiger partial charge in [-0.15, -0.1) is 0 Å². The van der Waals surface area contributed by atoms with Crippen LogP contribution in [-0.4, -0.2) is 24.6 Å². The summed E-state index contributed by atoms with van der Waals surface area (Å²) in [4.78, 5) is 17.3. The number of hydrogen-bond donors (Lipinski definition) is 1. The number of amides is 1. The summed E-state index contributed by atoms with van der Waals surface area (Å²) in [5, 5.41) is 12.6. The fourth-order valence-corrected chi connectivity index (χ4v) is 5.07. The Bertz CT molecular complexity index is 1290. The molecule has 0 unspecified atom stereocenters. The molecule has 1 saturated carbocycles. The summed E-state index contributed by atoms with van der Waals surface area (Å²) < 4.78 is 10.9. The van der Waals surface area contributed by atoms with Gasteiger partial charge in [0.1, 0.15) is 11.2 Å². The van der Waals surface area contributed by atoms with Crippen molar-refractivity contribution in [2.45, 2.75) is 50.2 Å². The summed E-state index contributed by atoms with van der Waals surface area (Å²) in [5.74, 6) is 1.76. The van der Waals surface area contributed by atoms with Gasteiger partial charge in [0, 0.05) is 11.8 Å². The molecule has 6 nitrogen and oxygen atoms in total. The molecule has 1 amide bonds. The lowest BCUT2D eigenvalue weighted by atomic mass is 9.68. The zero-order valence-corrected chi connectivity index (χ0v) is 20.1. The Morgan fingerprint density at radius 1 is 1.17 bits per heavy atom. The van der Waals surface area contributed by atoms with E-state index in [0.29, 0.717) is 37.2 Å². The summed E-state index contributed by atoms with van der Waals surface area (Å²) in [6.45, 7) is 3.00. The standard InChI is InChI=1S/C29H29N3O3/c1-29(17-30)18-35-16-22-7-6-21(14-27(22)29)28(33)32-15-25-12-20(8-9-31-25)24-10-23(11-24)19-4-3-5-26(13-19)34-2/h3-9,12-14,23-24H,10-11,15-16,18H2,1-2H3,(H,32,33)/t23?,24?,29-/m1/s1. The van der Waals surface area contributed by atoms with Crippen molar-refractivity contribution in [2.24, 2.45) is 0 Å². The van der Waals surface area contributed by atoms with Crippen LogP contribution in [0.25, 0.3) is 0 Å². The van der Waals surface area contributed by atoms with Crippen molar-refractivity contribution in [1.29, 1.82) is 5.26 Å². The number of nitrogens with zero attached hydrogens (tertiary/aromatic N) is 2. The largest absolute Gasteiger partial charge is 0.497 e. The van der Waals surface area contributed by atoms with E-state index < -0.39 is 5.41 Å². The number of ether oxygens (including phenoxy) is 2. The van der Waals surface area contributed by atoms with Crippen LogP contribution >= 0.6 is 0 Å². The van der Waals surface area contributed by atoms with E-state index in [9.17, 15) is 10.1 Å².